The van der Waals surface area contributed by atoms with Crippen molar-refractivity contribution < 1.29 is 14.6 Å². The highest BCUT2D eigenvalue weighted by molar-refractivity contribution is 7.07. The SMILES string of the molecule is O=C(NCCc1ccsc1)OCCO. The predicted octanol–water partition coefficient (Wildman–Crippen LogP) is 1.01. The first-order chi connectivity index (χ1) is 6.83. The molecule has 0 saturated heterocycles. The molecule has 0 radical (unpaired) electrons. The van der Waals surface area contributed by atoms with Crippen molar-refractivity contribution in [2.24, 2.45) is 0 Å². The van der Waals surface area contributed by atoms with Gasteiger partial charge in [0.25, 0.3) is 0 Å². The normalized spacial score (nSPS) is 9.79. The van der Waals surface area contributed by atoms with Crippen LogP contribution < -0.4 is 5.32 Å². The first-order valence-corrected chi connectivity index (χ1v) is 5.30. The molecule has 78 valence electrons. The minimum atomic E-state index is -0.478. The molecule has 0 atom stereocenters. The zero-order valence-electron chi connectivity index (χ0n) is 7.73. The number of aliphatic hydroxyl groups excluding tert-OH is 1. The summed E-state index contributed by atoms with van der Waals surface area (Å²) in [5.41, 5.74) is 1.21. The van der Waals surface area contributed by atoms with E-state index in [0.29, 0.717) is 6.54 Å². The predicted molar refractivity (Wildman–Crippen MR) is 54.5 cm³/mol. The molecule has 0 aliphatic rings. The number of carbonyl (C=O) groups excluding carboxylic acids is 1. The topological polar surface area (TPSA) is 58.6 Å². The van der Waals surface area contributed by atoms with Crippen LogP contribution >= 0.6 is 11.3 Å². The van der Waals surface area contributed by atoms with E-state index in [1.165, 1.54) is 5.56 Å². The number of nitrogens with one attached hydrogen (secondary N) is 1. The average molecular weight is 215 g/mol. The molecule has 0 aliphatic heterocycles. The Morgan fingerprint density at radius 1 is 1.64 bits per heavy atom. The van der Waals surface area contributed by atoms with E-state index in [4.69, 9.17) is 5.11 Å². The number of amides is 1. The van der Waals surface area contributed by atoms with E-state index in [1.54, 1.807) is 11.3 Å². The second-order valence-corrected chi connectivity index (χ2v) is 3.45. The molecule has 14 heavy (non-hydrogen) atoms. The van der Waals surface area contributed by atoms with Crippen molar-refractivity contribution >= 4 is 17.4 Å². The molecule has 0 bridgehead atoms. The molecule has 0 aliphatic carbocycles. The van der Waals surface area contributed by atoms with Gasteiger partial charge in [0.2, 0.25) is 0 Å². The lowest BCUT2D eigenvalue weighted by molar-refractivity contribution is 0.119. The van der Waals surface area contributed by atoms with Crippen LogP contribution in [-0.4, -0.2) is 31.0 Å². The maximum Gasteiger partial charge on any atom is 0.407 e. The van der Waals surface area contributed by atoms with E-state index in [0.717, 1.165) is 6.42 Å². The van der Waals surface area contributed by atoms with Crippen molar-refractivity contribution in [1.29, 1.82) is 0 Å². The highest BCUT2D eigenvalue weighted by atomic mass is 32.1. The molecule has 0 saturated carbocycles. The highest BCUT2D eigenvalue weighted by Crippen LogP contribution is 2.05. The lowest BCUT2D eigenvalue weighted by Crippen LogP contribution is -2.27. The molecule has 5 heteroatoms. The molecule has 1 rings (SSSR count). The summed E-state index contributed by atoms with van der Waals surface area (Å²) in [5.74, 6) is 0. The van der Waals surface area contributed by atoms with Crippen LogP contribution in [0.25, 0.3) is 0 Å². The summed E-state index contributed by atoms with van der Waals surface area (Å²) in [5, 5.41) is 15.0. The maximum atomic E-state index is 10.9. The van der Waals surface area contributed by atoms with Gasteiger partial charge in [0, 0.05) is 6.54 Å². The van der Waals surface area contributed by atoms with Crippen molar-refractivity contribution in [3.8, 4) is 0 Å². The van der Waals surface area contributed by atoms with Gasteiger partial charge in [-0.2, -0.15) is 11.3 Å². The lowest BCUT2D eigenvalue weighted by atomic mass is 10.2. The molecule has 2 N–H and O–H groups in total. The number of rotatable bonds is 5. The van der Waals surface area contributed by atoms with Gasteiger partial charge in [0.15, 0.2) is 0 Å². The van der Waals surface area contributed by atoms with E-state index >= 15 is 0 Å². The molecule has 0 aromatic carbocycles. The Morgan fingerprint density at radius 3 is 3.14 bits per heavy atom. The number of hydrogen-bond donors (Lipinski definition) is 2. The molecule has 1 amide bonds. The van der Waals surface area contributed by atoms with Crippen LogP contribution in [-0.2, 0) is 11.2 Å². The van der Waals surface area contributed by atoms with Gasteiger partial charge in [-0.05, 0) is 28.8 Å². The minimum absolute atomic E-state index is 0.0459. The van der Waals surface area contributed by atoms with Gasteiger partial charge in [-0.25, -0.2) is 4.79 Å². The van der Waals surface area contributed by atoms with Crippen LogP contribution in [0.3, 0.4) is 0 Å². The number of hydrogen-bond acceptors (Lipinski definition) is 4. The monoisotopic (exact) mass is 215 g/mol. The van der Waals surface area contributed by atoms with E-state index in [9.17, 15) is 4.79 Å². The quantitative estimate of drug-likeness (QED) is 0.770. The van der Waals surface area contributed by atoms with Gasteiger partial charge in [-0.1, -0.05) is 0 Å². The fraction of sp³-hybridized carbons (Fsp3) is 0.444. The zero-order chi connectivity index (χ0) is 10.2. The summed E-state index contributed by atoms with van der Waals surface area (Å²) < 4.78 is 4.61. The van der Waals surface area contributed by atoms with Crippen molar-refractivity contribution in [3.05, 3.63) is 22.4 Å². The van der Waals surface area contributed by atoms with Gasteiger partial charge in [-0.15, -0.1) is 0 Å². The molecule has 1 aromatic heterocycles. The third kappa shape index (κ3) is 4.25. The van der Waals surface area contributed by atoms with Crippen LogP contribution in [0.5, 0.6) is 0 Å². The summed E-state index contributed by atoms with van der Waals surface area (Å²) in [4.78, 5) is 10.9. The number of ether oxygens (including phenoxy) is 1. The van der Waals surface area contributed by atoms with Crippen LogP contribution in [0, 0.1) is 0 Å². The van der Waals surface area contributed by atoms with Gasteiger partial charge in [0.05, 0.1) is 6.61 Å². The smallest absolute Gasteiger partial charge is 0.407 e. The third-order valence-electron chi connectivity index (χ3n) is 1.59. The van der Waals surface area contributed by atoms with Crippen LogP contribution in [0.2, 0.25) is 0 Å². The Hall–Kier alpha value is -1.07. The fourth-order valence-corrected chi connectivity index (χ4v) is 1.64. The number of aliphatic hydroxyl groups is 1. The zero-order valence-corrected chi connectivity index (χ0v) is 8.55. The summed E-state index contributed by atoms with van der Waals surface area (Å²) in [7, 11) is 0. The average Bonchev–Trinajstić information content (AvgIpc) is 2.67. The van der Waals surface area contributed by atoms with Gasteiger partial charge in [-0.3, -0.25) is 0 Å². The minimum Gasteiger partial charge on any atom is -0.447 e. The van der Waals surface area contributed by atoms with E-state index < -0.39 is 6.09 Å². The first-order valence-electron chi connectivity index (χ1n) is 4.35. The Bertz CT molecular complexity index is 261. The van der Waals surface area contributed by atoms with E-state index in [2.05, 4.69) is 10.1 Å². The highest BCUT2D eigenvalue weighted by Gasteiger charge is 2.00. The number of carbonyl (C=O) groups is 1. The Kier molecular flexibility index (Phi) is 5.03. The van der Waals surface area contributed by atoms with Crippen LogP contribution in [0.1, 0.15) is 5.56 Å². The molecule has 0 fully saturated rings. The third-order valence-corrected chi connectivity index (χ3v) is 2.32. The summed E-state index contributed by atoms with van der Waals surface area (Å²) in [6, 6.07) is 2.02. The standard InChI is InChI=1S/C9H13NO3S/c11-4-5-13-9(12)10-3-1-8-2-6-14-7-8/h2,6-7,11H,1,3-5H2,(H,10,12). The van der Waals surface area contributed by atoms with Gasteiger partial charge < -0.3 is 15.2 Å². The molecule has 0 spiro atoms. The summed E-state index contributed by atoms with van der Waals surface area (Å²) >= 11 is 1.64. The van der Waals surface area contributed by atoms with Gasteiger partial charge >= 0.3 is 6.09 Å². The Labute approximate surface area is 86.5 Å². The van der Waals surface area contributed by atoms with Crippen LogP contribution in [0.4, 0.5) is 4.79 Å². The molecule has 1 heterocycles. The fourth-order valence-electron chi connectivity index (χ4n) is 0.933. The van der Waals surface area contributed by atoms with Crippen molar-refractivity contribution in [2.75, 3.05) is 19.8 Å². The Balaban J connectivity index is 2.06. The number of alkyl carbamates (subject to hydrolysis) is 1. The molecule has 1 aromatic rings. The second kappa shape index (κ2) is 6.39. The summed E-state index contributed by atoms with van der Waals surface area (Å²) in [6.07, 6.45) is 0.326. The second-order valence-electron chi connectivity index (χ2n) is 2.67. The molecule has 4 nitrogen and oxygen atoms in total. The maximum absolute atomic E-state index is 10.9. The van der Waals surface area contributed by atoms with Crippen molar-refractivity contribution in [1.82, 2.24) is 5.32 Å². The van der Waals surface area contributed by atoms with E-state index in [-0.39, 0.29) is 13.2 Å². The van der Waals surface area contributed by atoms with Crippen LogP contribution in [0.15, 0.2) is 16.8 Å². The van der Waals surface area contributed by atoms with Crippen molar-refractivity contribution in [2.45, 2.75) is 6.42 Å². The molecular formula is C9H13NO3S. The van der Waals surface area contributed by atoms with Gasteiger partial charge in [0.1, 0.15) is 6.61 Å². The Morgan fingerprint density at radius 2 is 2.50 bits per heavy atom. The number of thiophene rings is 1. The largest absolute Gasteiger partial charge is 0.447 e. The van der Waals surface area contributed by atoms with E-state index in [1.807, 2.05) is 16.8 Å². The van der Waals surface area contributed by atoms with Crippen molar-refractivity contribution in [3.63, 3.8) is 0 Å². The molecular weight excluding hydrogens is 202 g/mol. The lowest BCUT2D eigenvalue weighted by Gasteiger charge is -2.04. The summed E-state index contributed by atoms with van der Waals surface area (Å²) in [6.45, 7) is 0.462. The molecule has 0 unspecified atom stereocenters. The first kappa shape index (κ1) is 11.0.